The molecular weight excluding hydrogens is 198 g/mol. The summed E-state index contributed by atoms with van der Waals surface area (Å²) in [4.78, 5) is 11.3. The Bertz CT molecular complexity index is 325. The van der Waals surface area contributed by atoms with Crippen LogP contribution in [-0.4, -0.2) is 13.0 Å². The minimum absolute atomic E-state index is 0.160. The average molecular weight is 212 g/mol. The summed E-state index contributed by atoms with van der Waals surface area (Å²) >= 11 is 6.03. The number of rotatable bonds is 3. The largest absolute Gasteiger partial charge is 0.358 e. The number of halogens is 1. The van der Waals surface area contributed by atoms with E-state index in [1.165, 1.54) is 0 Å². The van der Waals surface area contributed by atoms with Gasteiger partial charge in [-0.25, -0.2) is 0 Å². The van der Waals surface area contributed by atoms with Gasteiger partial charge in [0.1, 0.15) is 5.38 Å². The molecule has 0 saturated heterocycles. The second-order valence-corrected chi connectivity index (χ2v) is 3.47. The summed E-state index contributed by atoms with van der Waals surface area (Å²) in [7, 11) is 1.59. The molecule has 1 atom stereocenters. The van der Waals surface area contributed by atoms with Crippen LogP contribution in [0.4, 0.5) is 0 Å². The van der Waals surface area contributed by atoms with Crippen molar-refractivity contribution in [3.05, 3.63) is 35.4 Å². The number of carbonyl (C=O) groups is 1. The number of aryl methyl sites for hydroxylation is 1. The van der Waals surface area contributed by atoms with Crippen LogP contribution in [0, 0.1) is 0 Å². The predicted molar refractivity (Wildman–Crippen MR) is 58.5 cm³/mol. The molecule has 1 rings (SSSR count). The van der Waals surface area contributed by atoms with Crippen molar-refractivity contribution in [1.82, 2.24) is 5.32 Å². The number of likely N-dealkylation sites (N-methyl/N-ethyl adjacent to an activating group) is 1. The van der Waals surface area contributed by atoms with E-state index in [2.05, 4.69) is 5.32 Å². The summed E-state index contributed by atoms with van der Waals surface area (Å²) < 4.78 is 0. The minimum atomic E-state index is -0.587. The Morgan fingerprint density at radius 2 is 2.14 bits per heavy atom. The second-order valence-electron chi connectivity index (χ2n) is 3.03. The van der Waals surface area contributed by atoms with Crippen LogP contribution in [0.2, 0.25) is 0 Å². The van der Waals surface area contributed by atoms with Crippen LogP contribution < -0.4 is 5.32 Å². The zero-order chi connectivity index (χ0) is 10.6. The topological polar surface area (TPSA) is 29.1 Å². The third kappa shape index (κ3) is 2.26. The maximum atomic E-state index is 11.3. The molecule has 1 N–H and O–H groups in total. The molecule has 0 aliphatic rings. The van der Waals surface area contributed by atoms with Crippen molar-refractivity contribution in [2.24, 2.45) is 0 Å². The quantitative estimate of drug-likeness (QED) is 0.764. The summed E-state index contributed by atoms with van der Waals surface area (Å²) in [5.74, 6) is -0.160. The fourth-order valence-corrected chi connectivity index (χ4v) is 1.69. The van der Waals surface area contributed by atoms with Gasteiger partial charge in [-0.2, -0.15) is 0 Å². The van der Waals surface area contributed by atoms with E-state index in [9.17, 15) is 4.79 Å². The normalized spacial score (nSPS) is 12.2. The predicted octanol–water partition coefficient (Wildman–Crippen LogP) is 2.27. The molecule has 76 valence electrons. The molecule has 0 bridgehead atoms. The molecular formula is C11H14ClNO. The monoisotopic (exact) mass is 211 g/mol. The lowest BCUT2D eigenvalue weighted by molar-refractivity contribution is -0.120. The first kappa shape index (κ1) is 11.1. The van der Waals surface area contributed by atoms with E-state index in [1.54, 1.807) is 7.05 Å². The van der Waals surface area contributed by atoms with Crippen LogP contribution in [0.5, 0.6) is 0 Å². The SMILES string of the molecule is CCc1ccccc1C(Cl)C(=O)NC. The summed E-state index contributed by atoms with van der Waals surface area (Å²) in [5.41, 5.74) is 2.02. The van der Waals surface area contributed by atoms with E-state index in [4.69, 9.17) is 11.6 Å². The number of nitrogens with one attached hydrogen (secondary N) is 1. The van der Waals surface area contributed by atoms with Crippen LogP contribution in [0.15, 0.2) is 24.3 Å². The van der Waals surface area contributed by atoms with Gasteiger partial charge in [0.25, 0.3) is 0 Å². The smallest absolute Gasteiger partial charge is 0.242 e. The molecule has 14 heavy (non-hydrogen) atoms. The second kappa shape index (κ2) is 5.01. The number of hydrogen-bond donors (Lipinski definition) is 1. The Kier molecular flexibility index (Phi) is 3.96. The van der Waals surface area contributed by atoms with Gasteiger partial charge in [-0.1, -0.05) is 31.2 Å². The third-order valence-corrected chi connectivity index (χ3v) is 2.62. The van der Waals surface area contributed by atoms with Gasteiger partial charge in [0, 0.05) is 7.05 Å². The first-order chi connectivity index (χ1) is 6.70. The fraction of sp³-hybridized carbons (Fsp3) is 0.364. The van der Waals surface area contributed by atoms with Gasteiger partial charge in [-0.05, 0) is 17.5 Å². The molecule has 0 aromatic heterocycles. The molecule has 0 aliphatic heterocycles. The van der Waals surface area contributed by atoms with Gasteiger partial charge in [-0.3, -0.25) is 4.79 Å². The van der Waals surface area contributed by atoms with E-state index >= 15 is 0 Å². The van der Waals surface area contributed by atoms with Crippen LogP contribution in [-0.2, 0) is 11.2 Å². The molecule has 0 radical (unpaired) electrons. The summed E-state index contributed by atoms with van der Waals surface area (Å²) in [6.07, 6.45) is 0.885. The van der Waals surface area contributed by atoms with Crippen molar-refractivity contribution in [1.29, 1.82) is 0 Å². The lowest BCUT2D eigenvalue weighted by Gasteiger charge is -2.12. The molecule has 1 unspecified atom stereocenters. The Balaban J connectivity index is 2.99. The van der Waals surface area contributed by atoms with Crippen molar-refractivity contribution in [3.63, 3.8) is 0 Å². The highest BCUT2D eigenvalue weighted by Crippen LogP contribution is 2.24. The van der Waals surface area contributed by atoms with E-state index in [-0.39, 0.29) is 5.91 Å². The lowest BCUT2D eigenvalue weighted by atomic mass is 10.0. The number of alkyl halides is 1. The molecule has 1 aromatic rings. The van der Waals surface area contributed by atoms with Crippen molar-refractivity contribution in [2.75, 3.05) is 7.05 Å². The Morgan fingerprint density at radius 1 is 1.50 bits per heavy atom. The highest BCUT2D eigenvalue weighted by atomic mass is 35.5. The number of amides is 1. The zero-order valence-corrected chi connectivity index (χ0v) is 9.14. The number of hydrogen-bond acceptors (Lipinski definition) is 1. The van der Waals surface area contributed by atoms with E-state index < -0.39 is 5.38 Å². The average Bonchev–Trinajstić information content (AvgIpc) is 2.26. The van der Waals surface area contributed by atoms with Gasteiger partial charge in [-0.15, -0.1) is 11.6 Å². The van der Waals surface area contributed by atoms with Crippen molar-refractivity contribution < 1.29 is 4.79 Å². The minimum Gasteiger partial charge on any atom is -0.358 e. The maximum Gasteiger partial charge on any atom is 0.242 e. The molecule has 0 fully saturated rings. The molecule has 0 heterocycles. The van der Waals surface area contributed by atoms with E-state index in [0.29, 0.717) is 0 Å². The Labute approximate surface area is 89.3 Å². The summed E-state index contributed by atoms with van der Waals surface area (Å²) in [5, 5.41) is 1.96. The van der Waals surface area contributed by atoms with Crippen LogP contribution in [0.3, 0.4) is 0 Å². The summed E-state index contributed by atoms with van der Waals surface area (Å²) in [6, 6.07) is 7.74. The molecule has 0 aliphatic carbocycles. The van der Waals surface area contributed by atoms with Crippen molar-refractivity contribution in [2.45, 2.75) is 18.7 Å². The third-order valence-electron chi connectivity index (χ3n) is 2.19. The maximum absolute atomic E-state index is 11.3. The van der Waals surface area contributed by atoms with Crippen LogP contribution in [0.1, 0.15) is 23.4 Å². The first-order valence-corrected chi connectivity index (χ1v) is 5.07. The lowest BCUT2D eigenvalue weighted by Crippen LogP contribution is -2.23. The van der Waals surface area contributed by atoms with E-state index in [0.717, 1.165) is 17.5 Å². The Hall–Kier alpha value is -1.02. The first-order valence-electron chi connectivity index (χ1n) is 4.64. The molecule has 3 heteroatoms. The standard InChI is InChI=1S/C11H14ClNO/c1-3-8-6-4-5-7-9(8)10(12)11(14)13-2/h4-7,10H,3H2,1-2H3,(H,13,14). The summed E-state index contributed by atoms with van der Waals surface area (Å²) in [6.45, 7) is 2.05. The van der Waals surface area contributed by atoms with Gasteiger partial charge >= 0.3 is 0 Å². The fourth-order valence-electron chi connectivity index (χ4n) is 1.37. The highest BCUT2D eigenvalue weighted by molar-refractivity contribution is 6.30. The number of carbonyl (C=O) groups excluding carboxylic acids is 1. The zero-order valence-electron chi connectivity index (χ0n) is 8.38. The molecule has 1 amide bonds. The van der Waals surface area contributed by atoms with Gasteiger partial charge in [0.2, 0.25) is 5.91 Å². The molecule has 2 nitrogen and oxygen atoms in total. The van der Waals surface area contributed by atoms with E-state index in [1.807, 2.05) is 31.2 Å². The number of benzene rings is 1. The Morgan fingerprint density at radius 3 is 2.71 bits per heavy atom. The van der Waals surface area contributed by atoms with Crippen molar-refractivity contribution >= 4 is 17.5 Å². The molecule has 1 aromatic carbocycles. The van der Waals surface area contributed by atoms with Crippen LogP contribution >= 0.6 is 11.6 Å². The van der Waals surface area contributed by atoms with Crippen molar-refractivity contribution in [3.8, 4) is 0 Å². The molecule has 0 saturated carbocycles. The van der Waals surface area contributed by atoms with Gasteiger partial charge in [0.05, 0.1) is 0 Å². The van der Waals surface area contributed by atoms with Gasteiger partial charge < -0.3 is 5.32 Å². The highest BCUT2D eigenvalue weighted by Gasteiger charge is 2.17. The molecule has 0 spiro atoms. The van der Waals surface area contributed by atoms with Gasteiger partial charge in [0.15, 0.2) is 0 Å². The van der Waals surface area contributed by atoms with Crippen LogP contribution in [0.25, 0.3) is 0 Å².